The number of carbonyl (C=O) groups is 2. The van der Waals surface area contributed by atoms with Crippen molar-refractivity contribution < 1.29 is 9.59 Å². The van der Waals surface area contributed by atoms with Crippen LogP contribution in [0.25, 0.3) is 0 Å². The van der Waals surface area contributed by atoms with Crippen LogP contribution in [-0.4, -0.2) is 24.9 Å². The third-order valence-corrected chi connectivity index (χ3v) is 3.48. The lowest BCUT2D eigenvalue weighted by Gasteiger charge is -2.09. The van der Waals surface area contributed by atoms with Gasteiger partial charge in [-0.05, 0) is 18.1 Å². The van der Waals surface area contributed by atoms with E-state index < -0.39 is 0 Å². The summed E-state index contributed by atoms with van der Waals surface area (Å²) in [4.78, 5) is 23.4. The molecule has 0 heterocycles. The maximum atomic E-state index is 11.9. The van der Waals surface area contributed by atoms with E-state index >= 15 is 0 Å². The zero-order chi connectivity index (χ0) is 16.0. The van der Waals surface area contributed by atoms with Crippen molar-refractivity contribution in [2.24, 2.45) is 5.92 Å². The molecule has 0 saturated heterocycles. The van der Waals surface area contributed by atoms with Crippen molar-refractivity contribution in [2.45, 2.75) is 20.3 Å². The van der Waals surface area contributed by atoms with Gasteiger partial charge in [0.05, 0.1) is 15.7 Å². The van der Waals surface area contributed by atoms with Gasteiger partial charge in [-0.15, -0.1) is 0 Å². The number of hydrogen-bond acceptors (Lipinski definition) is 3. The topological polar surface area (TPSA) is 84.2 Å². The molecule has 1 aromatic rings. The van der Waals surface area contributed by atoms with Crippen molar-refractivity contribution in [3.63, 3.8) is 0 Å². The van der Waals surface area contributed by atoms with Gasteiger partial charge in [-0.2, -0.15) is 0 Å². The average Bonchev–Trinajstić information content (AvgIpc) is 2.41. The number of benzene rings is 1. The highest BCUT2D eigenvalue weighted by molar-refractivity contribution is 6.43. The highest BCUT2D eigenvalue weighted by Crippen LogP contribution is 2.29. The van der Waals surface area contributed by atoms with E-state index in [-0.39, 0.29) is 40.5 Å². The first kappa shape index (κ1) is 17.6. The van der Waals surface area contributed by atoms with Gasteiger partial charge in [0.1, 0.15) is 0 Å². The van der Waals surface area contributed by atoms with Crippen molar-refractivity contribution >= 4 is 40.7 Å². The number of anilines is 1. The summed E-state index contributed by atoms with van der Waals surface area (Å²) in [6.07, 6.45) is 0.218. The molecule has 0 saturated carbocycles. The predicted molar refractivity (Wildman–Crippen MR) is 85.7 cm³/mol. The summed E-state index contributed by atoms with van der Waals surface area (Å²) in [6, 6.07) is 2.89. The van der Waals surface area contributed by atoms with Gasteiger partial charge in [0.15, 0.2) is 0 Å². The fourth-order valence-corrected chi connectivity index (χ4v) is 1.88. The van der Waals surface area contributed by atoms with Crippen molar-refractivity contribution in [3.8, 4) is 0 Å². The average molecular weight is 332 g/mol. The van der Waals surface area contributed by atoms with Gasteiger partial charge in [0.25, 0.3) is 5.91 Å². The first-order chi connectivity index (χ1) is 9.81. The molecule has 5 nitrogen and oxygen atoms in total. The Morgan fingerprint density at radius 2 is 1.90 bits per heavy atom. The number of nitrogens with one attached hydrogen (secondary N) is 2. The Labute approximate surface area is 134 Å². The molecule has 1 rings (SSSR count). The van der Waals surface area contributed by atoms with Gasteiger partial charge in [-0.25, -0.2) is 0 Å². The summed E-state index contributed by atoms with van der Waals surface area (Å²) in [5.74, 6) is -0.0581. The number of nitrogen functional groups attached to an aromatic ring is 1. The standard InChI is InChI=1S/C14H19Cl2N3O2/c1-8(2)7-19-12(20)3-4-18-14(21)9-5-10(15)13(16)11(17)6-9/h5-6,8H,3-4,7,17H2,1-2H3,(H,18,21)(H,19,20). The lowest BCUT2D eigenvalue weighted by molar-refractivity contribution is -0.121. The van der Waals surface area contributed by atoms with Crippen molar-refractivity contribution in [2.75, 3.05) is 18.8 Å². The summed E-state index contributed by atoms with van der Waals surface area (Å²) in [7, 11) is 0. The van der Waals surface area contributed by atoms with Gasteiger partial charge in [-0.1, -0.05) is 37.0 Å². The predicted octanol–water partition coefficient (Wildman–Crippen LogP) is 2.47. The Kier molecular flexibility index (Phi) is 6.78. The van der Waals surface area contributed by atoms with Crippen LogP contribution in [0.1, 0.15) is 30.6 Å². The number of halogens is 2. The van der Waals surface area contributed by atoms with E-state index in [9.17, 15) is 9.59 Å². The minimum Gasteiger partial charge on any atom is -0.397 e. The molecular formula is C14H19Cl2N3O2. The van der Waals surface area contributed by atoms with Crippen LogP contribution >= 0.6 is 23.2 Å². The molecular weight excluding hydrogens is 313 g/mol. The first-order valence-corrected chi connectivity index (χ1v) is 7.36. The maximum Gasteiger partial charge on any atom is 0.251 e. The molecule has 7 heteroatoms. The molecule has 0 radical (unpaired) electrons. The Balaban J connectivity index is 2.46. The number of rotatable bonds is 6. The monoisotopic (exact) mass is 331 g/mol. The van der Waals surface area contributed by atoms with E-state index in [1.807, 2.05) is 13.8 Å². The van der Waals surface area contributed by atoms with E-state index in [0.717, 1.165) is 0 Å². The Hall–Kier alpha value is -1.46. The molecule has 1 aromatic carbocycles. The van der Waals surface area contributed by atoms with Crippen molar-refractivity contribution in [1.82, 2.24) is 10.6 Å². The Morgan fingerprint density at radius 1 is 1.24 bits per heavy atom. The largest absolute Gasteiger partial charge is 0.397 e. The van der Waals surface area contributed by atoms with Crippen LogP contribution in [0, 0.1) is 5.92 Å². The summed E-state index contributed by atoms with van der Waals surface area (Å²) < 4.78 is 0. The molecule has 0 atom stereocenters. The fraction of sp³-hybridized carbons (Fsp3) is 0.429. The van der Waals surface area contributed by atoms with Gasteiger partial charge in [0, 0.05) is 25.1 Å². The van der Waals surface area contributed by atoms with Crippen LogP contribution in [0.15, 0.2) is 12.1 Å². The molecule has 21 heavy (non-hydrogen) atoms. The van der Waals surface area contributed by atoms with Gasteiger partial charge in [-0.3, -0.25) is 9.59 Å². The highest BCUT2D eigenvalue weighted by atomic mass is 35.5. The zero-order valence-corrected chi connectivity index (χ0v) is 13.5. The van der Waals surface area contributed by atoms with E-state index in [1.54, 1.807) is 0 Å². The summed E-state index contributed by atoms with van der Waals surface area (Å²) in [5, 5.41) is 5.85. The molecule has 0 spiro atoms. The lowest BCUT2D eigenvalue weighted by Crippen LogP contribution is -2.32. The number of hydrogen-bond donors (Lipinski definition) is 3. The van der Waals surface area contributed by atoms with E-state index in [0.29, 0.717) is 18.0 Å². The molecule has 2 amide bonds. The molecule has 0 aliphatic rings. The number of nitrogens with two attached hydrogens (primary N) is 1. The van der Waals surface area contributed by atoms with E-state index in [4.69, 9.17) is 28.9 Å². The number of amides is 2. The molecule has 0 aliphatic heterocycles. The minimum atomic E-state index is -0.350. The van der Waals surface area contributed by atoms with E-state index in [1.165, 1.54) is 12.1 Å². The molecule has 0 aromatic heterocycles. The fourth-order valence-electron chi connectivity index (χ4n) is 1.54. The SMILES string of the molecule is CC(C)CNC(=O)CCNC(=O)c1cc(N)c(Cl)c(Cl)c1. The van der Waals surface area contributed by atoms with Crippen LogP contribution in [0.5, 0.6) is 0 Å². The third-order valence-electron chi connectivity index (χ3n) is 2.66. The Morgan fingerprint density at radius 3 is 2.48 bits per heavy atom. The molecule has 0 fully saturated rings. The summed E-state index contributed by atoms with van der Waals surface area (Å²) in [5.41, 5.74) is 6.19. The van der Waals surface area contributed by atoms with E-state index in [2.05, 4.69) is 10.6 Å². The smallest absolute Gasteiger partial charge is 0.251 e. The molecule has 0 bridgehead atoms. The molecule has 0 unspecified atom stereocenters. The van der Waals surface area contributed by atoms with Gasteiger partial charge in [0.2, 0.25) is 5.91 Å². The van der Waals surface area contributed by atoms with Crippen LogP contribution in [-0.2, 0) is 4.79 Å². The van der Waals surface area contributed by atoms with Gasteiger partial charge < -0.3 is 16.4 Å². The second-order valence-electron chi connectivity index (χ2n) is 5.07. The summed E-state index contributed by atoms with van der Waals surface area (Å²) in [6.45, 7) is 4.88. The zero-order valence-electron chi connectivity index (χ0n) is 12.0. The number of carbonyl (C=O) groups excluding carboxylic acids is 2. The quantitative estimate of drug-likeness (QED) is 0.700. The lowest BCUT2D eigenvalue weighted by atomic mass is 10.2. The van der Waals surface area contributed by atoms with Gasteiger partial charge >= 0.3 is 0 Å². The molecule has 4 N–H and O–H groups in total. The minimum absolute atomic E-state index is 0.0994. The molecule has 0 aliphatic carbocycles. The highest BCUT2D eigenvalue weighted by Gasteiger charge is 2.11. The maximum absolute atomic E-state index is 11.9. The second-order valence-corrected chi connectivity index (χ2v) is 5.85. The first-order valence-electron chi connectivity index (χ1n) is 6.60. The third kappa shape index (κ3) is 5.81. The van der Waals surface area contributed by atoms with Crippen LogP contribution in [0.4, 0.5) is 5.69 Å². The van der Waals surface area contributed by atoms with Crippen molar-refractivity contribution in [1.29, 1.82) is 0 Å². The van der Waals surface area contributed by atoms with Crippen LogP contribution in [0.3, 0.4) is 0 Å². The van der Waals surface area contributed by atoms with Crippen molar-refractivity contribution in [3.05, 3.63) is 27.7 Å². The summed E-state index contributed by atoms with van der Waals surface area (Å²) >= 11 is 11.7. The molecule has 116 valence electrons. The second kappa shape index (κ2) is 8.10. The van der Waals surface area contributed by atoms with Crippen LogP contribution in [0.2, 0.25) is 10.0 Å². The van der Waals surface area contributed by atoms with Crippen LogP contribution < -0.4 is 16.4 Å². The normalized spacial score (nSPS) is 10.5. The Bertz CT molecular complexity index is 510.